The fourth-order valence-electron chi connectivity index (χ4n) is 11.8. The van der Waals surface area contributed by atoms with Gasteiger partial charge in [0, 0.05) is 0 Å². The van der Waals surface area contributed by atoms with Crippen LogP contribution in [0.3, 0.4) is 0 Å². The molecule has 304 valence electrons. The van der Waals surface area contributed by atoms with Crippen LogP contribution >= 0.6 is 0 Å². The van der Waals surface area contributed by atoms with Gasteiger partial charge in [-0.15, -0.1) is 0 Å². The molecule has 0 saturated heterocycles. The van der Waals surface area contributed by atoms with Crippen molar-refractivity contribution in [1.29, 1.82) is 0 Å². The minimum Gasteiger partial charge on any atom is -0.0622 e. The summed E-state index contributed by atoms with van der Waals surface area (Å²) in [7, 11) is 0. The largest absolute Gasteiger partial charge is 0.0622 e. The molecule has 0 aliphatic heterocycles. The van der Waals surface area contributed by atoms with Gasteiger partial charge >= 0.3 is 0 Å². The van der Waals surface area contributed by atoms with Gasteiger partial charge in [-0.05, 0) is 143 Å². The predicted octanol–water partition coefficient (Wildman–Crippen LogP) is 18.5. The maximum absolute atomic E-state index is 2.45. The van der Waals surface area contributed by atoms with E-state index >= 15 is 0 Å². The van der Waals surface area contributed by atoms with Crippen LogP contribution < -0.4 is 0 Å². The molecule has 1 aliphatic carbocycles. The second-order valence-corrected chi connectivity index (χ2v) is 17.7. The molecule has 0 N–H and O–H groups in total. The summed E-state index contributed by atoms with van der Waals surface area (Å²) in [6, 6.07) is 90.4. The van der Waals surface area contributed by atoms with Gasteiger partial charge in [-0.1, -0.05) is 243 Å². The third-order valence-corrected chi connectivity index (χ3v) is 14.3. The Kier molecular flexibility index (Phi) is 8.08. The Labute approximate surface area is 383 Å². The highest BCUT2D eigenvalue weighted by atomic mass is 14.4. The first kappa shape index (κ1) is 36.9. The molecule has 0 unspecified atom stereocenters. The second-order valence-electron chi connectivity index (χ2n) is 17.7. The Bertz CT molecular complexity index is 3970. The van der Waals surface area contributed by atoms with Gasteiger partial charge in [-0.25, -0.2) is 0 Å². The van der Waals surface area contributed by atoms with E-state index in [1.807, 2.05) is 0 Å². The maximum atomic E-state index is 2.45. The van der Waals surface area contributed by atoms with E-state index in [0.29, 0.717) is 0 Å². The lowest BCUT2D eigenvalue weighted by Gasteiger charge is -2.28. The monoisotopic (exact) mass is 832 g/mol. The predicted molar refractivity (Wildman–Crippen MR) is 282 cm³/mol. The molecule has 0 radical (unpaired) electrons. The van der Waals surface area contributed by atoms with E-state index in [-0.39, 0.29) is 0 Å². The zero-order valence-electron chi connectivity index (χ0n) is 36.1. The van der Waals surface area contributed by atoms with Crippen molar-refractivity contribution in [1.82, 2.24) is 0 Å². The Morgan fingerprint density at radius 2 is 0.485 bits per heavy atom. The molecule has 0 amide bonds. The highest BCUT2D eigenvalue weighted by molar-refractivity contribution is 6.46. The van der Waals surface area contributed by atoms with Crippen LogP contribution in [-0.4, -0.2) is 0 Å². The van der Waals surface area contributed by atoms with Gasteiger partial charge in [-0.3, -0.25) is 0 Å². The van der Waals surface area contributed by atoms with Crippen molar-refractivity contribution in [3.8, 4) is 89.0 Å². The molecule has 0 atom stereocenters. The Balaban J connectivity index is 1.33. The first-order chi connectivity index (χ1) is 32.8. The standard InChI is InChI=1S/C66H40/c1-7-21-41(22-8-1)48-37-39-52-60-53(40-38-49(59(48)60)42-23-9-2-10-24-42)63-61(52)58(47-31-17-6-18-32-47)65-57(46-29-15-5-16-30-46)55(44-25-11-3-12-26-44)56(45-27-13-4-14-28-45)62-50-35-19-33-43-34-20-36-51(54(43)50)64(63)66(62)65/h1-40H. The van der Waals surface area contributed by atoms with Crippen LogP contribution in [0.25, 0.3) is 143 Å². The molecule has 0 heteroatoms. The molecule has 0 bridgehead atoms. The van der Waals surface area contributed by atoms with Crippen LogP contribution in [0.5, 0.6) is 0 Å². The lowest BCUT2D eigenvalue weighted by molar-refractivity contribution is 1.59. The van der Waals surface area contributed by atoms with Crippen LogP contribution in [-0.2, 0) is 0 Å². The van der Waals surface area contributed by atoms with Gasteiger partial charge < -0.3 is 0 Å². The van der Waals surface area contributed by atoms with E-state index in [0.717, 1.165) is 0 Å². The minimum absolute atomic E-state index is 1.20. The molecule has 0 aromatic heterocycles. The van der Waals surface area contributed by atoms with Crippen LogP contribution in [0, 0.1) is 0 Å². The summed E-state index contributed by atoms with van der Waals surface area (Å²) in [5, 5.41) is 13.0. The molecule has 1 aliphatic rings. The summed E-state index contributed by atoms with van der Waals surface area (Å²) in [6.45, 7) is 0. The number of benzene rings is 13. The van der Waals surface area contributed by atoms with E-state index in [4.69, 9.17) is 0 Å². The average Bonchev–Trinajstić information content (AvgIpc) is 3.73. The van der Waals surface area contributed by atoms with Crippen LogP contribution in [0.1, 0.15) is 0 Å². The van der Waals surface area contributed by atoms with Crippen molar-refractivity contribution in [2.45, 2.75) is 0 Å². The quantitative estimate of drug-likeness (QED) is 0.116. The van der Waals surface area contributed by atoms with Crippen LogP contribution in [0.15, 0.2) is 243 Å². The summed E-state index contributed by atoms with van der Waals surface area (Å²) in [5.74, 6) is 0. The number of hydrogen-bond donors (Lipinski definition) is 0. The third kappa shape index (κ3) is 5.21. The lowest BCUT2D eigenvalue weighted by atomic mass is 9.73. The Hall–Kier alpha value is -8.58. The van der Waals surface area contributed by atoms with E-state index in [9.17, 15) is 0 Å². The molecular weight excluding hydrogens is 793 g/mol. The average molecular weight is 833 g/mol. The summed E-state index contributed by atoms with van der Waals surface area (Å²) in [5.41, 5.74) is 20.0. The van der Waals surface area contributed by atoms with Gasteiger partial charge in [-0.2, -0.15) is 0 Å². The molecule has 14 rings (SSSR count). The fraction of sp³-hybridized carbons (Fsp3) is 0. The van der Waals surface area contributed by atoms with Crippen molar-refractivity contribution in [2.24, 2.45) is 0 Å². The Morgan fingerprint density at radius 1 is 0.152 bits per heavy atom. The molecule has 0 fully saturated rings. The van der Waals surface area contributed by atoms with E-state index < -0.39 is 0 Å². The van der Waals surface area contributed by atoms with E-state index in [1.54, 1.807) is 0 Å². The zero-order valence-corrected chi connectivity index (χ0v) is 36.1. The van der Waals surface area contributed by atoms with Gasteiger partial charge in [0.05, 0.1) is 0 Å². The maximum Gasteiger partial charge on any atom is -0.0000480 e. The highest BCUT2D eigenvalue weighted by Crippen LogP contribution is 2.63. The molecular formula is C66H40. The molecule has 66 heavy (non-hydrogen) atoms. The smallest absolute Gasteiger partial charge is 0.0000480 e. The van der Waals surface area contributed by atoms with Crippen LogP contribution in [0.2, 0.25) is 0 Å². The molecule has 0 spiro atoms. The third-order valence-electron chi connectivity index (χ3n) is 14.3. The Morgan fingerprint density at radius 3 is 0.939 bits per heavy atom. The lowest BCUT2D eigenvalue weighted by Crippen LogP contribution is -2.01. The summed E-state index contributed by atoms with van der Waals surface area (Å²) in [6.07, 6.45) is 0. The number of rotatable bonds is 6. The first-order valence-electron chi connectivity index (χ1n) is 23.0. The van der Waals surface area contributed by atoms with Gasteiger partial charge in [0.2, 0.25) is 0 Å². The number of hydrogen-bond acceptors (Lipinski definition) is 0. The van der Waals surface area contributed by atoms with Gasteiger partial charge in [0.15, 0.2) is 0 Å². The van der Waals surface area contributed by atoms with Crippen molar-refractivity contribution in [3.63, 3.8) is 0 Å². The van der Waals surface area contributed by atoms with Crippen molar-refractivity contribution >= 4 is 53.9 Å². The van der Waals surface area contributed by atoms with Crippen LogP contribution in [0.4, 0.5) is 0 Å². The van der Waals surface area contributed by atoms with E-state index in [2.05, 4.69) is 243 Å². The summed E-state index contributed by atoms with van der Waals surface area (Å²) in [4.78, 5) is 0. The topological polar surface area (TPSA) is 0 Å². The highest BCUT2D eigenvalue weighted by Gasteiger charge is 2.36. The molecule has 0 heterocycles. The van der Waals surface area contributed by atoms with Crippen molar-refractivity contribution < 1.29 is 0 Å². The van der Waals surface area contributed by atoms with E-state index in [1.165, 1.54) is 143 Å². The SMILES string of the molecule is c1ccc(-c2c(-c3ccccc3)c3c(-c4ccccc4)c4c(c5c6cccc7cccc(c(c2-c2ccccc2)c35)c76)-c2ccc(-c3ccccc3)c3c(-c5ccccc5)ccc-4c23)cc1. The minimum atomic E-state index is 1.20. The summed E-state index contributed by atoms with van der Waals surface area (Å²) < 4.78 is 0. The molecule has 0 saturated carbocycles. The fourth-order valence-corrected chi connectivity index (χ4v) is 11.8. The zero-order chi connectivity index (χ0) is 43.3. The normalized spacial score (nSPS) is 11.9. The second kappa shape index (κ2) is 14.5. The number of fused-ring (bicyclic) bond motifs is 6. The van der Waals surface area contributed by atoms with Gasteiger partial charge in [0.1, 0.15) is 0 Å². The molecule has 13 aromatic rings. The van der Waals surface area contributed by atoms with Gasteiger partial charge in [0.25, 0.3) is 0 Å². The molecule has 13 aromatic carbocycles. The summed E-state index contributed by atoms with van der Waals surface area (Å²) >= 11 is 0. The van der Waals surface area contributed by atoms with Crippen molar-refractivity contribution in [3.05, 3.63) is 243 Å². The van der Waals surface area contributed by atoms with Crippen molar-refractivity contribution in [2.75, 3.05) is 0 Å². The first-order valence-corrected chi connectivity index (χ1v) is 23.0. The molecule has 0 nitrogen and oxygen atoms in total.